The van der Waals surface area contributed by atoms with Gasteiger partial charge in [0.2, 0.25) is 0 Å². The highest BCUT2D eigenvalue weighted by Crippen LogP contribution is 2.25. The van der Waals surface area contributed by atoms with Gasteiger partial charge in [0, 0.05) is 12.1 Å². The number of aromatic nitrogens is 1. The van der Waals surface area contributed by atoms with Crippen LogP contribution in [0.15, 0.2) is 24.5 Å². The summed E-state index contributed by atoms with van der Waals surface area (Å²) < 4.78 is 6.63. The van der Waals surface area contributed by atoms with Crippen molar-refractivity contribution in [2.45, 2.75) is 50.8 Å². The number of rotatable bonds is 6. The van der Waals surface area contributed by atoms with Gasteiger partial charge in [-0.05, 0) is 18.4 Å². The second-order valence-corrected chi connectivity index (χ2v) is 6.63. The molecular formula is C17H26N2O8. The van der Waals surface area contributed by atoms with Crippen LogP contribution in [0, 0.1) is 5.92 Å². The number of ether oxygens (including phenoxy) is 1. The molecule has 0 radical (unpaired) electrons. The number of aliphatic hydroxyl groups excluding tert-OH is 3. The molecule has 27 heavy (non-hydrogen) atoms. The van der Waals surface area contributed by atoms with E-state index in [1.165, 1.54) is 29.1 Å². The molecule has 1 aromatic heterocycles. The van der Waals surface area contributed by atoms with Gasteiger partial charge in [0.25, 0.3) is 6.23 Å². The first kappa shape index (κ1) is 22.9. The molecule has 1 aliphatic rings. The van der Waals surface area contributed by atoms with Crippen LogP contribution in [-0.2, 0) is 9.53 Å². The van der Waals surface area contributed by atoms with Gasteiger partial charge in [0.1, 0.15) is 17.8 Å². The largest absolute Gasteiger partial charge is 0.548 e. The van der Waals surface area contributed by atoms with Gasteiger partial charge in [0.05, 0.1) is 12.6 Å². The zero-order valence-corrected chi connectivity index (χ0v) is 15.1. The van der Waals surface area contributed by atoms with Crippen LogP contribution in [-0.4, -0.2) is 63.3 Å². The number of carboxylic acid groups (broad SMARTS) is 2. The molecule has 6 N–H and O–H groups in total. The smallest absolute Gasteiger partial charge is 0.341 e. The summed E-state index contributed by atoms with van der Waals surface area (Å²) in [5.41, 5.74) is 5.19. The third kappa shape index (κ3) is 6.52. The topological polar surface area (TPSA) is 177 Å². The Labute approximate surface area is 156 Å². The highest BCUT2D eigenvalue weighted by atomic mass is 16.6. The summed E-state index contributed by atoms with van der Waals surface area (Å²) in [5.74, 6) is -1.95. The van der Waals surface area contributed by atoms with Gasteiger partial charge in [-0.2, -0.15) is 4.57 Å². The molecule has 0 saturated carbocycles. The molecule has 2 rings (SSSR count). The third-order valence-corrected chi connectivity index (χ3v) is 3.91. The number of carbonyl (C=O) groups excluding carboxylic acids is 1. The van der Waals surface area contributed by atoms with E-state index in [0.717, 1.165) is 0 Å². The summed E-state index contributed by atoms with van der Waals surface area (Å²) in [6.45, 7) is 3.42. The van der Waals surface area contributed by atoms with E-state index in [9.17, 15) is 24.9 Å². The summed E-state index contributed by atoms with van der Waals surface area (Å²) in [5, 5.41) is 47.2. The summed E-state index contributed by atoms with van der Waals surface area (Å²) in [6, 6.07) is 2.10. The van der Waals surface area contributed by atoms with Crippen LogP contribution in [0.4, 0.5) is 0 Å². The minimum Gasteiger partial charge on any atom is -0.548 e. The summed E-state index contributed by atoms with van der Waals surface area (Å²) >= 11 is 0. The first-order valence-electron chi connectivity index (χ1n) is 8.41. The van der Waals surface area contributed by atoms with Crippen molar-refractivity contribution in [3.05, 3.63) is 30.1 Å². The van der Waals surface area contributed by atoms with Crippen molar-refractivity contribution in [1.82, 2.24) is 0 Å². The van der Waals surface area contributed by atoms with Gasteiger partial charge >= 0.3 is 5.97 Å². The van der Waals surface area contributed by atoms with Crippen molar-refractivity contribution in [3.8, 4) is 0 Å². The van der Waals surface area contributed by atoms with Crippen LogP contribution in [0.5, 0.6) is 0 Å². The van der Waals surface area contributed by atoms with Crippen LogP contribution in [0.2, 0.25) is 0 Å². The van der Waals surface area contributed by atoms with Gasteiger partial charge in [0.15, 0.2) is 18.5 Å². The Morgan fingerprint density at radius 2 is 1.96 bits per heavy atom. The lowest BCUT2D eigenvalue weighted by Gasteiger charge is -2.13. The number of aromatic carboxylic acids is 1. The van der Waals surface area contributed by atoms with Gasteiger partial charge in [-0.1, -0.05) is 13.8 Å². The second-order valence-electron chi connectivity index (χ2n) is 6.63. The molecule has 0 aliphatic carbocycles. The Balaban J connectivity index is 0.000000345. The van der Waals surface area contributed by atoms with E-state index in [0.29, 0.717) is 12.3 Å². The fourth-order valence-corrected chi connectivity index (χ4v) is 2.51. The zero-order valence-electron chi connectivity index (χ0n) is 15.1. The van der Waals surface area contributed by atoms with E-state index >= 15 is 0 Å². The standard InChI is InChI=1S/C11H13NO6.C6H13NO2/c13-5-7-8(14)9(15)10(18-7)12-3-1-2-6(4-12)11(16)17;1-4(2)3-5(7)6(8)9/h1-4,7-10,13-15H,5H2;4-5H,3,7H2,1-2H3,(H,8,9)/t7-,8-,9-,10-;/m1./s1. The number of aliphatic hydroxyl groups is 3. The van der Waals surface area contributed by atoms with E-state index in [-0.39, 0.29) is 5.56 Å². The summed E-state index contributed by atoms with van der Waals surface area (Å²) in [7, 11) is 0. The van der Waals surface area contributed by atoms with Crippen molar-refractivity contribution < 1.29 is 44.4 Å². The molecule has 0 spiro atoms. The molecular weight excluding hydrogens is 360 g/mol. The first-order chi connectivity index (χ1) is 12.6. The molecule has 1 saturated heterocycles. The van der Waals surface area contributed by atoms with Crippen LogP contribution in [0.25, 0.3) is 0 Å². The molecule has 1 aliphatic heterocycles. The van der Waals surface area contributed by atoms with E-state index in [1.54, 1.807) is 0 Å². The molecule has 152 valence electrons. The predicted octanol–water partition coefficient (Wildman–Crippen LogP) is -2.61. The van der Waals surface area contributed by atoms with E-state index < -0.39 is 49.1 Å². The van der Waals surface area contributed by atoms with E-state index in [4.69, 9.17) is 20.7 Å². The molecule has 1 aromatic rings. The Hall–Kier alpha value is -2.11. The molecule has 10 nitrogen and oxygen atoms in total. The lowest BCUT2D eigenvalue weighted by molar-refractivity contribution is -0.765. The van der Waals surface area contributed by atoms with Crippen molar-refractivity contribution in [3.63, 3.8) is 0 Å². The second kappa shape index (κ2) is 10.3. The Morgan fingerprint density at radius 1 is 1.33 bits per heavy atom. The number of carbonyl (C=O) groups is 2. The minimum atomic E-state index is -1.23. The zero-order chi connectivity index (χ0) is 20.7. The highest BCUT2D eigenvalue weighted by molar-refractivity contribution is 5.86. The van der Waals surface area contributed by atoms with Crippen molar-refractivity contribution >= 4 is 11.9 Å². The number of nitrogens with zero attached hydrogens (tertiary/aromatic N) is 1. The van der Waals surface area contributed by atoms with Gasteiger partial charge in [-0.3, -0.25) is 0 Å². The van der Waals surface area contributed by atoms with Crippen LogP contribution < -0.4 is 15.4 Å². The lowest BCUT2D eigenvalue weighted by Crippen LogP contribution is -2.46. The average Bonchev–Trinajstić information content (AvgIpc) is 2.90. The Bertz CT molecular complexity index is 639. The van der Waals surface area contributed by atoms with Gasteiger partial charge in [-0.15, -0.1) is 0 Å². The molecule has 2 heterocycles. The average molecular weight is 386 g/mol. The van der Waals surface area contributed by atoms with Crippen LogP contribution in [0.1, 0.15) is 36.9 Å². The highest BCUT2D eigenvalue weighted by Gasteiger charge is 2.47. The first-order valence-corrected chi connectivity index (χ1v) is 8.41. The van der Waals surface area contributed by atoms with Crippen molar-refractivity contribution in [1.29, 1.82) is 0 Å². The number of hydrogen-bond donors (Lipinski definition) is 5. The Kier molecular flexibility index (Phi) is 8.73. The molecule has 0 aromatic carbocycles. The maximum atomic E-state index is 10.8. The third-order valence-electron chi connectivity index (χ3n) is 3.91. The maximum Gasteiger partial charge on any atom is 0.341 e. The fraction of sp³-hybridized carbons (Fsp3) is 0.588. The molecule has 5 atom stereocenters. The number of hydrogen-bond acceptors (Lipinski definition) is 8. The predicted molar refractivity (Wildman–Crippen MR) is 89.0 cm³/mol. The molecule has 1 unspecified atom stereocenters. The normalized spacial score (nSPS) is 25.6. The minimum absolute atomic E-state index is 0.0373. The molecule has 10 heteroatoms. The quantitative estimate of drug-likeness (QED) is 0.328. The lowest BCUT2D eigenvalue weighted by atomic mass is 10.1. The Morgan fingerprint density at radius 3 is 2.37 bits per heavy atom. The number of aliphatic carboxylic acids is 1. The van der Waals surface area contributed by atoms with Crippen molar-refractivity contribution in [2.24, 2.45) is 11.7 Å². The van der Waals surface area contributed by atoms with Gasteiger partial charge < -0.3 is 40.8 Å². The molecule has 0 bridgehead atoms. The molecule has 1 fully saturated rings. The van der Waals surface area contributed by atoms with Crippen LogP contribution >= 0.6 is 0 Å². The SMILES string of the molecule is CC(C)CC(N)C(=O)[O-].O=C(O)c1ccc[n+]([C@@H]2O[C@H](CO)[C@@H](O)[C@H]2O)c1. The van der Waals surface area contributed by atoms with Gasteiger partial charge in [-0.25, -0.2) is 4.79 Å². The summed E-state index contributed by atoms with van der Waals surface area (Å²) in [4.78, 5) is 20.8. The monoisotopic (exact) mass is 386 g/mol. The number of pyridine rings is 1. The van der Waals surface area contributed by atoms with Crippen molar-refractivity contribution in [2.75, 3.05) is 6.61 Å². The van der Waals surface area contributed by atoms with E-state index in [1.807, 2.05) is 13.8 Å². The molecule has 0 amide bonds. The van der Waals surface area contributed by atoms with Crippen LogP contribution in [0.3, 0.4) is 0 Å². The number of nitrogens with two attached hydrogens (primary N) is 1. The maximum absolute atomic E-state index is 10.8. The van der Waals surface area contributed by atoms with E-state index in [2.05, 4.69) is 0 Å². The fourth-order valence-electron chi connectivity index (χ4n) is 2.51. The number of carboxylic acids is 2. The summed E-state index contributed by atoms with van der Waals surface area (Å²) in [6.07, 6.45) is -0.933.